The van der Waals surface area contributed by atoms with Crippen molar-refractivity contribution in [2.45, 2.75) is 32.1 Å². The van der Waals surface area contributed by atoms with Crippen LogP contribution in [-0.2, 0) is 16.2 Å². The number of rotatable bonds is 10. The number of nitrogens with zero attached hydrogens (tertiary/aromatic N) is 2. The highest BCUT2D eigenvalue weighted by molar-refractivity contribution is 9.10. The van der Waals surface area contributed by atoms with Gasteiger partial charge in [-0.2, -0.15) is 5.10 Å². The third-order valence-corrected chi connectivity index (χ3v) is 8.08. The molecule has 214 valence electrons. The van der Waals surface area contributed by atoms with Crippen molar-refractivity contribution in [1.82, 2.24) is 5.32 Å². The fraction of sp³-hybridized carbons (Fsp3) is 0.188. The van der Waals surface area contributed by atoms with Crippen molar-refractivity contribution < 1.29 is 19.1 Å². The molecule has 42 heavy (non-hydrogen) atoms. The first kappa shape index (κ1) is 29.3. The summed E-state index contributed by atoms with van der Waals surface area (Å²) < 4.78 is 12.8. The molecule has 0 aromatic heterocycles. The molecule has 10 heteroatoms. The van der Waals surface area contributed by atoms with Crippen LogP contribution in [-0.4, -0.2) is 35.1 Å². The third kappa shape index (κ3) is 7.37. The van der Waals surface area contributed by atoms with Gasteiger partial charge in [0, 0.05) is 12.1 Å². The molecule has 1 saturated heterocycles. The van der Waals surface area contributed by atoms with Crippen LogP contribution in [0.3, 0.4) is 0 Å². The Balaban J connectivity index is 1.23. The highest BCUT2D eigenvalue weighted by Crippen LogP contribution is 2.37. The van der Waals surface area contributed by atoms with Crippen LogP contribution in [0.15, 0.2) is 93.5 Å². The molecule has 4 aromatic carbocycles. The van der Waals surface area contributed by atoms with Gasteiger partial charge in [-0.15, -0.1) is 5.10 Å². The van der Waals surface area contributed by atoms with Crippen LogP contribution in [0.2, 0.25) is 0 Å². The van der Waals surface area contributed by atoms with Crippen LogP contribution in [0.1, 0.15) is 30.0 Å². The molecule has 2 amide bonds. The predicted octanol–water partition coefficient (Wildman–Crippen LogP) is 6.84. The number of halogens is 1. The fourth-order valence-electron chi connectivity index (χ4n) is 4.39. The predicted molar refractivity (Wildman–Crippen MR) is 173 cm³/mol. The molecule has 1 heterocycles. The van der Waals surface area contributed by atoms with Crippen LogP contribution in [0, 0.1) is 6.92 Å². The van der Waals surface area contributed by atoms with E-state index in [1.165, 1.54) is 11.8 Å². The van der Waals surface area contributed by atoms with Crippen LogP contribution in [0.25, 0.3) is 10.8 Å². The van der Waals surface area contributed by atoms with Crippen molar-refractivity contribution in [2.75, 3.05) is 11.9 Å². The lowest BCUT2D eigenvalue weighted by atomic mass is 10.1. The largest absolute Gasteiger partial charge is 0.490 e. The summed E-state index contributed by atoms with van der Waals surface area (Å²) in [6.07, 6.45) is 1.59. The number of amidine groups is 1. The summed E-state index contributed by atoms with van der Waals surface area (Å²) in [6.45, 7) is 4.72. The molecule has 8 nitrogen and oxygen atoms in total. The number of carbonyl (C=O) groups is 2. The zero-order valence-electron chi connectivity index (χ0n) is 23.1. The van der Waals surface area contributed by atoms with Crippen molar-refractivity contribution in [3.05, 3.63) is 100 Å². The van der Waals surface area contributed by atoms with E-state index in [-0.39, 0.29) is 18.2 Å². The van der Waals surface area contributed by atoms with Gasteiger partial charge in [0.25, 0.3) is 0 Å². The van der Waals surface area contributed by atoms with Gasteiger partial charge in [0.15, 0.2) is 16.7 Å². The number of benzene rings is 4. The highest BCUT2D eigenvalue weighted by atomic mass is 79.9. The van der Waals surface area contributed by atoms with E-state index in [1.807, 2.05) is 68.4 Å². The van der Waals surface area contributed by atoms with E-state index in [2.05, 4.69) is 61.0 Å². The van der Waals surface area contributed by atoms with Crippen molar-refractivity contribution in [2.24, 2.45) is 10.2 Å². The van der Waals surface area contributed by atoms with Crippen molar-refractivity contribution >= 4 is 67.3 Å². The maximum absolute atomic E-state index is 12.4. The summed E-state index contributed by atoms with van der Waals surface area (Å²) in [5.74, 6) is 0.650. The number of nitrogens with one attached hydrogen (secondary N) is 2. The molecule has 5 rings (SSSR count). The summed E-state index contributed by atoms with van der Waals surface area (Å²) in [6, 6.07) is 25.5. The average Bonchev–Trinajstić information content (AvgIpc) is 3.32. The average molecular weight is 646 g/mol. The number of carbonyl (C=O) groups excluding carboxylic acids is 2. The lowest BCUT2D eigenvalue weighted by Crippen LogP contribution is -2.28. The molecule has 2 N–H and O–H groups in total. The first-order chi connectivity index (χ1) is 20.4. The molecule has 0 saturated carbocycles. The Kier molecular flexibility index (Phi) is 9.55. The first-order valence-electron chi connectivity index (χ1n) is 13.4. The van der Waals surface area contributed by atoms with E-state index in [9.17, 15) is 9.59 Å². The summed E-state index contributed by atoms with van der Waals surface area (Å²) in [7, 11) is 0. The van der Waals surface area contributed by atoms with Crippen LogP contribution >= 0.6 is 27.7 Å². The van der Waals surface area contributed by atoms with Gasteiger partial charge in [0.2, 0.25) is 11.8 Å². The Morgan fingerprint density at radius 3 is 2.67 bits per heavy atom. The molecule has 0 aliphatic carbocycles. The number of thioether (sulfide) groups is 1. The number of anilines is 1. The lowest BCUT2D eigenvalue weighted by Gasteiger charge is -2.15. The van der Waals surface area contributed by atoms with Gasteiger partial charge in [-0.1, -0.05) is 71.9 Å². The quantitative estimate of drug-likeness (QED) is 0.145. The van der Waals surface area contributed by atoms with Crippen LogP contribution < -0.4 is 20.1 Å². The molecular formula is C32H29BrN4O4S. The Bertz CT molecular complexity index is 1670. The molecule has 0 spiro atoms. The topological polar surface area (TPSA) is 101 Å². The maximum Gasteiger partial charge on any atom is 0.240 e. The van der Waals surface area contributed by atoms with E-state index in [0.29, 0.717) is 40.0 Å². The lowest BCUT2D eigenvalue weighted by molar-refractivity contribution is -0.122. The molecule has 0 unspecified atom stereocenters. The van der Waals surface area contributed by atoms with Crippen molar-refractivity contribution in [3.63, 3.8) is 0 Å². The number of fused-ring (bicyclic) bond motifs is 1. The molecule has 1 fully saturated rings. The molecule has 0 radical (unpaired) electrons. The molecule has 0 bridgehead atoms. The minimum absolute atomic E-state index is 0.0258. The second-order valence-corrected chi connectivity index (χ2v) is 11.6. The minimum atomic E-state index is -0.582. The van der Waals surface area contributed by atoms with Gasteiger partial charge in [-0.25, -0.2) is 0 Å². The smallest absolute Gasteiger partial charge is 0.240 e. The second-order valence-electron chi connectivity index (χ2n) is 9.55. The Hall–Kier alpha value is -4.15. The van der Waals surface area contributed by atoms with Crippen molar-refractivity contribution in [1.29, 1.82) is 0 Å². The second kappa shape index (κ2) is 13.7. The molecule has 1 aliphatic rings. The third-order valence-electron chi connectivity index (χ3n) is 6.42. The highest BCUT2D eigenvalue weighted by Gasteiger charge is 2.32. The van der Waals surface area contributed by atoms with E-state index in [4.69, 9.17) is 9.47 Å². The Morgan fingerprint density at radius 1 is 1.07 bits per heavy atom. The van der Waals surface area contributed by atoms with Gasteiger partial charge in [0.05, 0.1) is 17.3 Å². The Labute approximate surface area is 256 Å². The van der Waals surface area contributed by atoms with Crippen LogP contribution in [0.4, 0.5) is 5.69 Å². The number of aryl methyl sites for hydroxylation is 1. The molecule has 4 aromatic rings. The summed E-state index contributed by atoms with van der Waals surface area (Å²) >= 11 is 4.79. The van der Waals surface area contributed by atoms with E-state index in [1.54, 1.807) is 6.21 Å². The van der Waals surface area contributed by atoms with Gasteiger partial charge in [0.1, 0.15) is 11.9 Å². The molecule has 1 aliphatic heterocycles. The van der Waals surface area contributed by atoms with Crippen LogP contribution in [0.5, 0.6) is 11.5 Å². The van der Waals surface area contributed by atoms with Gasteiger partial charge < -0.3 is 20.1 Å². The van der Waals surface area contributed by atoms with E-state index in [0.717, 1.165) is 27.5 Å². The summed E-state index contributed by atoms with van der Waals surface area (Å²) in [5.41, 5.74) is 3.60. The first-order valence-corrected chi connectivity index (χ1v) is 15.1. The normalized spacial score (nSPS) is 15.7. The minimum Gasteiger partial charge on any atom is -0.490 e. The standard InChI is InChI=1S/C32H29BrN4O4S/c1-3-40-27-16-21(15-26(33)30(27)41-19-23-9-6-8-22-7-4-5-10-25(22)23)18-34-37-32-36-31(39)28(42-32)17-29(38)35-24-13-11-20(2)12-14-24/h4-16,18,28H,3,17,19H2,1-2H3,(H,35,38)(H,36,37,39)/b34-18-/t28-/m1/s1. The van der Waals surface area contributed by atoms with Gasteiger partial charge >= 0.3 is 0 Å². The summed E-state index contributed by atoms with van der Waals surface area (Å²) in [4.78, 5) is 24.8. The molecule has 1 atom stereocenters. The number of hydrogen-bond acceptors (Lipinski definition) is 7. The number of hydrogen-bond donors (Lipinski definition) is 2. The van der Waals surface area contributed by atoms with Gasteiger partial charge in [-0.05, 0) is 75.9 Å². The number of amides is 2. The molecular weight excluding hydrogens is 616 g/mol. The fourth-order valence-corrected chi connectivity index (χ4v) is 5.88. The monoisotopic (exact) mass is 644 g/mol. The van der Waals surface area contributed by atoms with E-state index >= 15 is 0 Å². The zero-order chi connectivity index (χ0) is 29.5. The number of ether oxygens (including phenoxy) is 2. The zero-order valence-corrected chi connectivity index (χ0v) is 25.5. The van der Waals surface area contributed by atoms with Crippen molar-refractivity contribution in [3.8, 4) is 11.5 Å². The van der Waals surface area contributed by atoms with Gasteiger partial charge in [-0.3, -0.25) is 9.59 Å². The van der Waals surface area contributed by atoms with E-state index < -0.39 is 5.25 Å². The Morgan fingerprint density at radius 2 is 1.86 bits per heavy atom. The SMILES string of the molecule is CCOc1cc(/C=N\N=C2\NC(=O)[C@@H](CC(=O)Nc3ccc(C)cc3)S2)cc(Br)c1OCc1cccc2ccccc12. The maximum atomic E-state index is 12.4. The summed E-state index contributed by atoms with van der Waals surface area (Å²) in [5, 5.41) is 15.9.